The Balaban J connectivity index is 1.90. The Hall–Kier alpha value is -1.87. The zero-order valence-electron chi connectivity index (χ0n) is 11.0. The van der Waals surface area contributed by atoms with Crippen molar-refractivity contribution in [2.45, 2.75) is 36.2 Å². The highest BCUT2D eigenvalue weighted by Gasteiger charge is 2.34. The van der Waals surface area contributed by atoms with Crippen LogP contribution < -0.4 is 4.72 Å². The summed E-state index contributed by atoms with van der Waals surface area (Å²) in [5, 5.41) is 9.14. The van der Waals surface area contributed by atoms with E-state index in [0.717, 1.165) is 18.9 Å². The molecule has 0 radical (unpaired) electrons. The highest BCUT2D eigenvalue weighted by atomic mass is 32.2. The van der Waals surface area contributed by atoms with Gasteiger partial charge in [0.05, 0.1) is 6.61 Å². The Kier molecular flexibility index (Phi) is 3.25. The van der Waals surface area contributed by atoms with E-state index in [9.17, 15) is 18.0 Å². The molecule has 114 valence electrons. The van der Waals surface area contributed by atoms with Crippen LogP contribution in [0.25, 0.3) is 0 Å². The fourth-order valence-electron chi connectivity index (χ4n) is 2.29. The number of carbonyl (C=O) groups is 2. The van der Waals surface area contributed by atoms with Crippen LogP contribution in [0.3, 0.4) is 0 Å². The molecule has 1 aliphatic carbocycles. The average Bonchev–Trinajstić information content (AvgIpc) is 3.01. The summed E-state index contributed by atoms with van der Waals surface area (Å²) < 4.78 is 32.9. The van der Waals surface area contributed by atoms with Crippen molar-refractivity contribution < 1.29 is 27.9 Å². The van der Waals surface area contributed by atoms with Crippen LogP contribution in [0, 0.1) is 0 Å². The number of carbonyl (C=O) groups excluding carboxylic acids is 1. The maximum absolute atomic E-state index is 12.2. The number of aromatic carboxylic acids is 1. The highest BCUT2D eigenvalue weighted by molar-refractivity contribution is 7.89. The number of ether oxygens (including phenoxy) is 1. The summed E-state index contributed by atoms with van der Waals surface area (Å²) in [6, 6.07) is 0.243. The second-order valence-electron chi connectivity index (χ2n) is 5.13. The number of nitrogens with zero attached hydrogens (tertiary/aromatic N) is 1. The van der Waals surface area contributed by atoms with Crippen LogP contribution in [0.15, 0.2) is 17.2 Å². The van der Waals surface area contributed by atoms with Gasteiger partial charge in [0.25, 0.3) is 0 Å². The summed E-state index contributed by atoms with van der Waals surface area (Å²) >= 11 is 0. The van der Waals surface area contributed by atoms with Crippen LogP contribution in [0.4, 0.5) is 0 Å². The molecule has 2 aliphatic rings. The maximum Gasteiger partial charge on any atom is 0.352 e. The minimum atomic E-state index is -3.95. The second-order valence-corrected chi connectivity index (χ2v) is 6.85. The number of hydrogen-bond acceptors (Lipinski definition) is 5. The van der Waals surface area contributed by atoms with Crippen LogP contribution in [0.1, 0.15) is 35.8 Å². The van der Waals surface area contributed by atoms with Gasteiger partial charge in [-0.3, -0.25) is 4.79 Å². The first kappa shape index (κ1) is 14.1. The standard InChI is InChI=1S/C12H14N2O6S/c15-11(16)10-5-8(6-14(10)7-1-2-7)21(18,19)13-9-3-4-20-12(9)17/h5-7,9,13H,1-4H2,(H,15,16). The third-order valence-corrected chi connectivity index (χ3v) is 4.96. The van der Waals surface area contributed by atoms with Crippen molar-refractivity contribution >= 4 is 22.0 Å². The van der Waals surface area contributed by atoms with E-state index in [2.05, 4.69) is 4.72 Å². The van der Waals surface area contributed by atoms with Gasteiger partial charge in [-0.15, -0.1) is 0 Å². The number of cyclic esters (lactones) is 1. The van der Waals surface area contributed by atoms with Gasteiger partial charge in [-0.05, 0) is 18.9 Å². The normalized spacial score (nSPS) is 22.3. The third kappa shape index (κ3) is 2.66. The van der Waals surface area contributed by atoms with Gasteiger partial charge in [-0.2, -0.15) is 4.72 Å². The maximum atomic E-state index is 12.2. The van der Waals surface area contributed by atoms with Gasteiger partial charge in [-0.1, -0.05) is 0 Å². The fraction of sp³-hybridized carbons (Fsp3) is 0.500. The minimum Gasteiger partial charge on any atom is -0.477 e. The Bertz CT molecular complexity index is 703. The van der Waals surface area contributed by atoms with Crippen molar-refractivity contribution in [3.05, 3.63) is 18.0 Å². The molecule has 1 aromatic rings. The molecule has 2 fully saturated rings. The lowest BCUT2D eigenvalue weighted by Crippen LogP contribution is -2.37. The Morgan fingerprint density at radius 3 is 2.62 bits per heavy atom. The molecule has 1 saturated heterocycles. The van der Waals surface area contributed by atoms with Gasteiger partial charge in [0.1, 0.15) is 16.6 Å². The number of carboxylic acid groups (broad SMARTS) is 1. The van der Waals surface area contributed by atoms with Gasteiger partial charge in [0, 0.05) is 18.7 Å². The molecule has 21 heavy (non-hydrogen) atoms. The summed E-state index contributed by atoms with van der Waals surface area (Å²) in [4.78, 5) is 22.4. The van der Waals surface area contributed by atoms with Crippen LogP contribution in [0.5, 0.6) is 0 Å². The van der Waals surface area contributed by atoms with E-state index in [0.29, 0.717) is 0 Å². The molecule has 9 heteroatoms. The van der Waals surface area contributed by atoms with Crippen molar-refractivity contribution in [3.8, 4) is 0 Å². The lowest BCUT2D eigenvalue weighted by Gasteiger charge is -2.08. The SMILES string of the molecule is O=C(O)c1cc(S(=O)(=O)NC2CCOC2=O)cn1C1CC1. The quantitative estimate of drug-likeness (QED) is 0.746. The number of carboxylic acids is 1. The van der Waals surface area contributed by atoms with E-state index >= 15 is 0 Å². The molecule has 0 bridgehead atoms. The van der Waals surface area contributed by atoms with E-state index in [1.54, 1.807) is 0 Å². The molecular formula is C12H14N2O6S. The molecule has 0 aromatic carbocycles. The summed E-state index contributed by atoms with van der Waals surface area (Å²) in [5.74, 6) is -1.79. The van der Waals surface area contributed by atoms with E-state index in [1.807, 2.05) is 0 Å². The molecule has 1 atom stereocenters. The number of esters is 1. The number of aromatic nitrogens is 1. The zero-order chi connectivity index (χ0) is 15.2. The molecule has 0 spiro atoms. The molecule has 0 amide bonds. The first-order chi connectivity index (χ1) is 9.88. The van der Waals surface area contributed by atoms with Crippen molar-refractivity contribution in [2.75, 3.05) is 6.61 Å². The lowest BCUT2D eigenvalue weighted by molar-refractivity contribution is -0.139. The Morgan fingerprint density at radius 1 is 1.38 bits per heavy atom. The topological polar surface area (TPSA) is 115 Å². The molecule has 1 aliphatic heterocycles. The van der Waals surface area contributed by atoms with E-state index in [1.165, 1.54) is 10.8 Å². The van der Waals surface area contributed by atoms with E-state index < -0.39 is 28.0 Å². The molecular weight excluding hydrogens is 300 g/mol. The van der Waals surface area contributed by atoms with Crippen molar-refractivity contribution in [3.63, 3.8) is 0 Å². The molecule has 2 heterocycles. The summed E-state index contributed by atoms with van der Waals surface area (Å²) in [7, 11) is -3.95. The predicted molar refractivity (Wildman–Crippen MR) is 69.3 cm³/mol. The lowest BCUT2D eigenvalue weighted by atomic mass is 10.3. The summed E-state index contributed by atoms with van der Waals surface area (Å²) in [6.07, 6.45) is 3.24. The molecule has 8 nitrogen and oxygen atoms in total. The van der Waals surface area contributed by atoms with Gasteiger partial charge < -0.3 is 14.4 Å². The first-order valence-corrected chi connectivity index (χ1v) is 8.01. The van der Waals surface area contributed by atoms with Crippen LogP contribution >= 0.6 is 0 Å². The number of rotatable bonds is 5. The average molecular weight is 314 g/mol. The smallest absolute Gasteiger partial charge is 0.352 e. The summed E-state index contributed by atoms with van der Waals surface area (Å²) in [6.45, 7) is 0.176. The van der Waals surface area contributed by atoms with Gasteiger partial charge in [-0.25, -0.2) is 13.2 Å². The second kappa shape index (κ2) is 4.85. The van der Waals surface area contributed by atoms with Crippen LogP contribution in [-0.2, 0) is 19.6 Å². The zero-order valence-corrected chi connectivity index (χ0v) is 11.8. The predicted octanol–water partition coefficient (Wildman–Crippen LogP) is 0.115. The molecule has 2 N–H and O–H groups in total. The summed E-state index contributed by atoms with van der Waals surface area (Å²) in [5.41, 5.74) is -0.0631. The highest BCUT2D eigenvalue weighted by Crippen LogP contribution is 2.37. The van der Waals surface area contributed by atoms with E-state index in [-0.39, 0.29) is 29.7 Å². The number of hydrogen-bond donors (Lipinski definition) is 2. The van der Waals surface area contributed by atoms with Gasteiger partial charge >= 0.3 is 11.9 Å². The third-order valence-electron chi connectivity index (χ3n) is 3.53. The molecule has 1 aromatic heterocycles. The largest absolute Gasteiger partial charge is 0.477 e. The molecule has 1 saturated carbocycles. The Morgan fingerprint density at radius 2 is 2.10 bits per heavy atom. The monoisotopic (exact) mass is 314 g/mol. The minimum absolute atomic E-state index is 0.0384. The first-order valence-electron chi connectivity index (χ1n) is 6.52. The van der Waals surface area contributed by atoms with E-state index in [4.69, 9.17) is 9.84 Å². The van der Waals surface area contributed by atoms with Crippen LogP contribution in [0.2, 0.25) is 0 Å². The van der Waals surface area contributed by atoms with Gasteiger partial charge in [0.2, 0.25) is 10.0 Å². The fourth-order valence-corrected chi connectivity index (χ4v) is 3.53. The van der Waals surface area contributed by atoms with Crippen LogP contribution in [-0.4, -0.2) is 42.7 Å². The van der Waals surface area contributed by atoms with Crippen molar-refractivity contribution in [2.24, 2.45) is 0 Å². The number of sulfonamides is 1. The molecule has 1 unspecified atom stereocenters. The Labute approximate surface area is 120 Å². The van der Waals surface area contributed by atoms with Gasteiger partial charge in [0.15, 0.2) is 0 Å². The van der Waals surface area contributed by atoms with Crippen molar-refractivity contribution in [1.29, 1.82) is 0 Å². The number of nitrogens with one attached hydrogen (secondary N) is 1. The molecule has 3 rings (SSSR count). The van der Waals surface area contributed by atoms with Crippen molar-refractivity contribution in [1.82, 2.24) is 9.29 Å².